The van der Waals surface area contributed by atoms with Crippen molar-refractivity contribution < 1.29 is 28.2 Å². The van der Waals surface area contributed by atoms with Crippen molar-refractivity contribution in [1.29, 1.82) is 0 Å². The molecule has 150 valence electrons. The van der Waals surface area contributed by atoms with Crippen molar-refractivity contribution in [1.82, 2.24) is 10.2 Å². The highest BCUT2D eigenvalue weighted by molar-refractivity contribution is 5.87. The van der Waals surface area contributed by atoms with Crippen LogP contribution in [-0.4, -0.2) is 62.5 Å². The normalized spacial score (nSPS) is 16.6. The van der Waals surface area contributed by atoms with E-state index in [0.717, 1.165) is 6.08 Å². The Hall–Kier alpha value is -2.61. The molecule has 0 bridgehead atoms. The Labute approximate surface area is 159 Å². The van der Waals surface area contributed by atoms with Crippen LogP contribution in [0.1, 0.15) is 13.3 Å². The molecule has 0 saturated carbocycles. The molecule has 0 radical (unpaired) electrons. The largest absolute Gasteiger partial charge is 0.491 e. The Morgan fingerprint density at radius 3 is 2.67 bits per heavy atom. The van der Waals surface area contributed by atoms with E-state index in [-0.39, 0.29) is 38.4 Å². The summed E-state index contributed by atoms with van der Waals surface area (Å²) < 4.78 is 28.7. The average Bonchev–Trinajstić information content (AvgIpc) is 3.07. The number of halogens is 1. The van der Waals surface area contributed by atoms with Crippen LogP contribution in [0.15, 0.2) is 49.0 Å². The van der Waals surface area contributed by atoms with E-state index in [1.165, 1.54) is 6.08 Å². The van der Waals surface area contributed by atoms with Gasteiger partial charge in [-0.1, -0.05) is 19.7 Å². The molecule has 1 saturated heterocycles. The lowest BCUT2D eigenvalue weighted by molar-refractivity contribution is -0.125. The number of allylic oxidation sites excluding steroid dienone is 3. The van der Waals surface area contributed by atoms with E-state index < -0.39 is 11.9 Å². The number of rotatable bonds is 11. The van der Waals surface area contributed by atoms with Crippen LogP contribution in [-0.2, 0) is 19.0 Å². The van der Waals surface area contributed by atoms with Crippen molar-refractivity contribution in [2.24, 2.45) is 0 Å². The predicted molar refractivity (Wildman–Crippen MR) is 99.6 cm³/mol. The highest BCUT2D eigenvalue weighted by atomic mass is 19.1. The summed E-state index contributed by atoms with van der Waals surface area (Å²) in [5.41, 5.74) is 0.582. The number of hydrogen-bond acceptors (Lipinski definition) is 5. The summed E-state index contributed by atoms with van der Waals surface area (Å²) in [6.07, 6.45) is 2.13. The fourth-order valence-corrected chi connectivity index (χ4v) is 2.31. The van der Waals surface area contributed by atoms with Crippen molar-refractivity contribution in [2.45, 2.75) is 19.4 Å². The molecule has 7 nitrogen and oxygen atoms in total. The molecule has 0 spiro atoms. The molecule has 1 N–H and O–H groups in total. The molecule has 1 heterocycles. The molecule has 0 aromatic heterocycles. The third-order valence-corrected chi connectivity index (χ3v) is 3.61. The van der Waals surface area contributed by atoms with Crippen molar-refractivity contribution in [3.05, 3.63) is 49.0 Å². The van der Waals surface area contributed by atoms with Crippen LogP contribution in [0.4, 0.5) is 9.18 Å². The van der Waals surface area contributed by atoms with Gasteiger partial charge >= 0.3 is 6.09 Å². The van der Waals surface area contributed by atoms with Gasteiger partial charge in [-0.05, 0) is 18.6 Å². The number of ether oxygens (including phenoxy) is 3. The van der Waals surface area contributed by atoms with Crippen LogP contribution in [0.3, 0.4) is 0 Å². The van der Waals surface area contributed by atoms with E-state index in [1.807, 2.05) is 0 Å². The minimum Gasteiger partial charge on any atom is -0.491 e. The van der Waals surface area contributed by atoms with Gasteiger partial charge in [0, 0.05) is 25.6 Å². The molecule has 0 aromatic carbocycles. The lowest BCUT2D eigenvalue weighted by atomic mass is 10.2. The quantitative estimate of drug-likeness (QED) is 0.257. The second kappa shape index (κ2) is 11.9. The molecule has 1 aliphatic heterocycles. The summed E-state index contributed by atoms with van der Waals surface area (Å²) in [5, 5.41) is 2.57. The minimum atomic E-state index is -0.615. The number of nitrogens with one attached hydrogen (secondary N) is 1. The van der Waals surface area contributed by atoms with Crippen LogP contribution in [0.25, 0.3) is 0 Å². The summed E-state index contributed by atoms with van der Waals surface area (Å²) >= 11 is 0. The van der Waals surface area contributed by atoms with Crippen LogP contribution in [0.5, 0.6) is 0 Å². The Bertz CT molecular complexity index is 603. The average molecular weight is 382 g/mol. The molecular weight excluding hydrogens is 355 g/mol. The van der Waals surface area contributed by atoms with Gasteiger partial charge < -0.3 is 24.4 Å². The number of carbonyl (C=O) groups is 2. The first-order valence-electron chi connectivity index (χ1n) is 8.61. The maximum absolute atomic E-state index is 12.8. The second-order valence-corrected chi connectivity index (χ2v) is 5.93. The lowest BCUT2D eigenvalue weighted by Gasteiger charge is -2.15. The molecule has 1 unspecified atom stereocenters. The highest BCUT2D eigenvalue weighted by Gasteiger charge is 2.27. The van der Waals surface area contributed by atoms with E-state index in [0.29, 0.717) is 30.8 Å². The van der Waals surface area contributed by atoms with E-state index in [2.05, 4.69) is 25.1 Å². The van der Waals surface area contributed by atoms with Crippen LogP contribution < -0.4 is 5.32 Å². The van der Waals surface area contributed by atoms with Gasteiger partial charge in [0.15, 0.2) is 0 Å². The monoisotopic (exact) mass is 382 g/mol. The second-order valence-electron chi connectivity index (χ2n) is 5.93. The van der Waals surface area contributed by atoms with Gasteiger partial charge in [0.2, 0.25) is 5.91 Å². The van der Waals surface area contributed by atoms with E-state index in [1.54, 1.807) is 11.8 Å². The number of nitrogens with zero attached hydrogens (tertiary/aromatic N) is 1. The SMILES string of the molecule is C=CC(=O)N1CCC(OC(=O)NCCOCCO/C(=C/C(=C)F)C(=C)C)C1. The molecule has 1 rings (SSSR count). The Kier molecular flexibility index (Phi) is 9.89. The molecule has 8 heteroatoms. The molecule has 0 aromatic rings. The fraction of sp³-hybridized carbons (Fsp3) is 0.474. The Balaban J connectivity index is 2.10. The minimum absolute atomic E-state index is 0.169. The summed E-state index contributed by atoms with van der Waals surface area (Å²) in [6.45, 7) is 13.9. The summed E-state index contributed by atoms with van der Waals surface area (Å²) in [6, 6.07) is 0. The van der Waals surface area contributed by atoms with Crippen LogP contribution in [0.2, 0.25) is 0 Å². The zero-order valence-electron chi connectivity index (χ0n) is 15.7. The highest BCUT2D eigenvalue weighted by Crippen LogP contribution is 2.13. The van der Waals surface area contributed by atoms with E-state index in [4.69, 9.17) is 14.2 Å². The lowest BCUT2D eigenvalue weighted by Crippen LogP contribution is -2.34. The van der Waals surface area contributed by atoms with Gasteiger partial charge in [0.05, 0.1) is 19.8 Å². The number of likely N-dealkylation sites (tertiary alicyclic amines) is 1. The third kappa shape index (κ3) is 9.05. The predicted octanol–water partition coefficient (Wildman–Crippen LogP) is 2.48. The van der Waals surface area contributed by atoms with Crippen LogP contribution >= 0.6 is 0 Å². The molecule has 1 aliphatic rings. The van der Waals surface area contributed by atoms with Crippen molar-refractivity contribution in [3.63, 3.8) is 0 Å². The Morgan fingerprint density at radius 2 is 2.04 bits per heavy atom. The number of amides is 2. The van der Waals surface area contributed by atoms with Crippen molar-refractivity contribution in [2.75, 3.05) is 39.5 Å². The number of hydrogen-bond donors (Lipinski definition) is 1. The van der Waals surface area contributed by atoms with Gasteiger partial charge in [0.1, 0.15) is 24.3 Å². The number of alkyl carbamates (subject to hydrolysis) is 1. The molecular formula is C19H27FN2O5. The zero-order chi connectivity index (χ0) is 20.2. The fourth-order valence-electron chi connectivity index (χ4n) is 2.31. The summed E-state index contributed by atoms with van der Waals surface area (Å²) in [5.74, 6) is -0.471. The van der Waals surface area contributed by atoms with Gasteiger partial charge in [-0.3, -0.25) is 4.79 Å². The number of carbonyl (C=O) groups excluding carboxylic acids is 2. The maximum atomic E-state index is 12.8. The molecule has 1 fully saturated rings. The molecule has 2 amide bonds. The van der Waals surface area contributed by atoms with E-state index >= 15 is 0 Å². The standard InChI is InChI=1S/C19H27FN2O5/c1-5-18(23)22-8-6-16(13-22)27-19(24)21-7-9-25-10-11-26-17(14(2)3)12-15(4)20/h5,12,16H,1-2,4,6-11,13H2,3H3,(H,21,24)/b17-12+. The Morgan fingerprint density at radius 1 is 1.30 bits per heavy atom. The summed E-state index contributed by atoms with van der Waals surface area (Å²) in [7, 11) is 0. The molecule has 1 atom stereocenters. The topological polar surface area (TPSA) is 77.1 Å². The first-order valence-corrected chi connectivity index (χ1v) is 8.61. The van der Waals surface area contributed by atoms with Gasteiger partial charge in [-0.15, -0.1) is 0 Å². The third-order valence-electron chi connectivity index (χ3n) is 3.61. The van der Waals surface area contributed by atoms with Gasteiger partial charge in [-0.25, -0.2) is 9.18 Å². The van der Waals surface area contributed by atoms with E-state index in [9.17, 15) is 14.0 Å². The first kappa shape index (κ1) is 22.4. The molecule has 0 aliphatic carbocycles. The summed E-state index contributed by atoms with van der Waals surface area (Å²) in [4.78, 5) is 24.8. The van der Waals surface area contributed by atoms with Crippen molar-refractivity contribution >= 4 is 12.0 Å². The van der Waals surface area contributed by atoms with Crippen LogP contribution in [0, 0.1) is 0 Å². The van der Waals surface area contributed by atoms with Gasteiger partial charge in [-0.2, -0.15) is 0 Å². The molecule has 27 heavy (non-hydrogen) atoms. The first-order chi connectivity index (χ1) is 12.8. The zero-order valence-corrected chi connectivity index (χ0v) is 15.7. The van der Waals surface area contributed by atoms with Gasteiger partial charge in [0.25, 0.3) is 0 Å². The van der Waals surface area contributed by atoms with Crippen molar-refractivity contribution in [3.8, 4) is 0 Å². The smallest absolute Gasteiger partial charge is 0.407 e. The maximum Gasteiger partial charge on any atom is 0.407 e.